The van der Waals surface area contributed by atoms with Crippen molar-refractivity contribution in [2.24, 2.45) is 0 Å². The van der Waals surface area contributed by atoms with Gasteiger partial charge in [-0.2, -0.15) is 0 Å². The molecule has 1 aliphatic rings. The van der Waals surface area contributed by atoms with Crippen LogP contribution in [0.4, 0.5) is 0 Å². The molecule has 0 fully saturated rings. The van der Waals surface area contributed by atoms with Gasteiger partial charge in [-0.15, -0.1) is 0 Å². The Labute approximate surface area is 116 Å². The van der Waals surface area contributed by atoms with Crippen LogP contribution in [-0.4, -0.2) is 13.0 Å². The highest BCUT2D eigenvalue weighted by atomic mass is 35.5. The van der Waals surface area contributed by atoms with Crippen LogP contribution >= 0.6 is 11.6 Å². The van der Waals surface area contributed by atoms with Crippen molar-refractivity contribution in [3.8, 4) is 0 Å². The van der Waals surface area contributed by atoms with Gasteiger partial charge in [0.1, 0.15) is 0 Å². The first kappa shape index (κ1) is 12.2. The summed E-state index contributed by atoms with van der Waals surface area (Å²) in [6.07, 6.45) is 0. The van der Waals surface area contributed by atoms with Crippen LogP contribution in [0.15, 0.2) is 48.5 Å². The van der Waals surface area contributed by atoms with Gasteiger partial charge in [0.25, 0.3) is 5.91 Å². The Morgan fingerprint density at radius 2 is 1.79 bits per heavy atom. The number of hydrogen-bond donors (Lipinski definition) is 1. The Hall–Kier alpha value is -1.84. The number of hydrogen-bond acceptors (Lipinski definition) is 2. The predicted molar refractivity (Wildman–Crippen MR) is 73.1 cm³/mol. The van der Waals surface area contributed by atoms with E-state index in [0.29, 0.717) is 10.6 Å². The van der Waals surface area contributed by atoms with E-state index in [1.54, 1.807) is 25.3 Å². The number of nitrogens with one attached hydrogen (secondary N) is 1. The van der Waals surface area contributed by atoms with E-state index in [4.69, 9.17) is 16.3 Å². The first-order chi connectivity index (χ1) is 9.17. The van der Waals surface area contributed by atoms with Crippen LogP contribution in [0.1, 0.15) is 21.5 Å². The van der Waals surface area contributed by atoms with Gasteiger partial charge in [0.05, 0.1) is 0 Å². The van der Waals surface area contributed by atoms with Crippen LogP contribution in [0, 0.1) is 0 Å². The molecule has 0 saturated heterocycles. The third-order valence-electron chi connectivity index (χ3n) is 3.40. The van der Waals surface area contributed by atoms with Crippen LogP contribution in [0.2, 0.25) is 5.02 Å². The van der Waals surface area contributed by atoms with Crippen molar-refractivity contribution in [1.82, 2.24) is 5.32 Å². The van der Waals surface area contributed by atoms with Gasteiger partial charge >= 0.3 is 0 Å². The molecule has 4 heteroatoms. The fourth-order valence-electron chi connectivity index (χ4n) is 2.47. The first-order valence-corrected chi connectivity index (χ1v) is 6.28. The highest BCUT2D eigenvalue weighted by molar-refractivity contribution is 6.30. The van der Waals surface area contributed by atoms with Crippen molar-refractivity contribution in [1.29, 1.82) is 0 Å². The quantitative estimate of drug-likeness (QED) is 0.914. The molecular formula is C15H12ClNO2. The zero-order valence-electron chi connectivity index (χ0n) is 10.3. The summed E-state index contributed by atoms with van der Waals surface area (Å²) in [5, 5.41) is 3.56. The van der Waals surface area contributed by atoms with E-state index in [2.05, 4.69) is 5.32 Å². The van der Waals surface area contributed by atoms with Crippen molar-refractivity contribution in [2.45, 2.75) is 5.72 Å². The molecule has 0 aromatic heterocycles. The Balaban J connectivity index is 2.21. The minimum Gasteiger partial charge on any atom is -0.351 e. The number of ether oxygens (including phenoxy) is 1. The molecule has 1 atom stereocenters. The number of amides is 1. The Kier molecular flexibility index (Phi) is 2.81. The minimum atomic E-state index is -0.932. The maximum atomic E-state index is 12.1. The normalized spacial score (nSPS) is 21.1. The predicted octanol–water partition coefficient (Wildman–Crippen LogP) is 2.93. The number of halogens is 1. The molecule has 2 aromatic rings. The molecule has 0 radical (unpaired) electrons. The maximum Gasteiger partial charge on any atom is 0.254 e. The average Bonchev–Trinajstić information content (AvgIpc) is 2.74. The lowest BCUT2D eigenvalue weighted by atomic mass is 9.94. The lowest BCUT2D eigenvalue weighted by molar-refractivity contribution is 0.00335. The van der Waals surface area contributed by atoms with Gasteiger partial charge in [-0.3, -0.25) is 4.79 Å². The number of methoxy groups -OCH3 is 1. The fraction of sp³-hybridized carbons (Fsp3) is 0.133. The fourth-order valence-corrected chi connectivity index (χ4v) is 2.60. The highest BCUT2D eigenvalue weighted by Gasteiger charge is 2.44. The zero-order chi connectivity index (χ0) is 13.5. The van der Waals surface area contributed by atoms with E-state index in [1.165, 1.54) is 0 Å². The molecule has 19 heavy (non-hydrogen) atoms. The summed E-state index contributed by atoms with van der Waals surface area (Å²) >= 11 is 5.91. The Bertz CT molecular complexity index is 639. The summed E-state index contributed by atoms with van der Waals surface area (Å²) in [6.45, 7) is 0. The zero-order valence-corrected chi connectivity index (χ0v) is 11.1. The van der Waals surface area contributed by atoms with Crippen molar-refractivity contribution < 1.29 is 9.53 Å². The van der Waals surface area contributed by atoms with Crippen LogP contribution < -0.4 is 5.32 Å². The number of carbonyl (C=O) groups excluding carboxylic acids is 1. The van der Waals surface area contributed by atoms with Gasteiger partial charge in [0.2, 0.25) is 0 Å². The summed E-state index contributed by atoms with van der Waals surface area (Å²) in [6, 6.07) is 14.7. The molecule has 3 nitrogen and oxygen atoms in total. The monoisotopic (exact) mass is 273 g/mol. The van der Waals surface area contributed by atoms with Crippen LogP contribution in [-0.2, 0) is 10.5 Å². The number of benzene rings is 2. The first-order valence-electron chi connectivity index (χ1n) is 5.90. The topological polar surface area (TPSA) is 38.3 Å². The highest BCUT2D eigenvalue weighted by Crippen LogP contribution is 2.37. The molecule has 0 unspecified atom stereocenters. The molecule has 96 valence electrons. The summed E-state index contributed by atoms with van der Waals surface area (Å²) in [5.74, 6) is -0.132. The molecule has 3 rings (SSSR count). The largest absolute Gasteiger partial charge is 0.351 e. The van der Waals surface area contributed by atoms with E-state index >= 15 is 0 Å². The van der Waals surface area contributed by atoms with Gasteiger partial charge in [-0.05, 0) is 18.2 Å². The molecule has 1 N–H and O–H groups in total. The summed E-state index contributed by atoms with van der Waals surface area (Å²) < 4.78 is 5.65. The maximum absolute atomic E-state index is 12.1. The molecule has 0 saturated carbocycles. The SMILES string of the molecule is CO[C@]1(c2ccc(Cl)cc2)NC(=O)c2ccccc21. The second-order valence-corrected chi connectivity index (χ2v) is 4.83. The van der Waals surface area contributed by atoms with Crippen LogP contribution in [0.3, 0.4) is 0 Å². The summed E-state index contributed by atoms with van der Waals surface area (Å²) in [7, 11) is 1.58. The number of fused-ring (bicyclic) bond motifs is 1. The van der Waals surface area contributed by atoms with Gasteiger partial charge in [0, 0.05) is 28.8 Å². The van der Waals surface area contributed by atoms with Crippen molar-refractivity contribution >= 4 is 17.5 Å². The van der Waals surface area contributed by atoms with Gasteiger partial charge in [-0.1, -0.05) is 41.9 Å². The second-order valence-electron chi connectivity index (χ2n) is 4.39. The molecular weight excluding hydrogens is 262 g/mol. The minimum absolute atomic E-state index is 0.132. The van der Waals surface area contributed by atoms with E-state index in [0.717, 1.165) is 11.1 Å². The molecule has 0 aliphatic carbocycles. The van der Waals surface area contributed by atoms with E-state index in [-0.39, 0.29) is 5.91 Å². The van der Waals surface area contributed by atoms with Crippen molar-refractivity contribution in [3.63, 3.8) is 0 Å². The van der Waals surface area contributed by atoms with Gasteiger partial charge < -0.3 is 10.1 Å². The van der Waals surface area contributed by atoms with Gasteiger partial charge in [0.15, 0.2) is 5.72 Å². The second kappa shape index (κ2) is 4.37. The van der Waals surface area contributed by atoms with E-state index in [9.17, 15) is 4.79 Å². The molecule has 1 amide bonds. The lowest BCUT2D eigenvalue weighted by Crippen LogP contribution is -2.42. The smallest absolute Gasteiger partial charge is 0.254 e. The van der Waals surface area contributed by atoms with Crippen molar-refractivity contribution in [2.75, 3.05) is 7.11 Å². The van der Waals surface area contributed by atoms with Gasteiger partial charge in [-0.25, -0.2) is 0 Å². The number of carbonyl (C=O) groups is 1. The molecule has 0 spiro atoms. The third kappa shape index (κ3) is 1.74. The van der Waals surface area contributed by atoms with Crippen LogP contribution in [0.5, 0.6) is 0 Å². The third-order valence-corrected chi connectivity index (χ3v) is 3.65. The number of rotatable bonds is 2. The molecule has 1 heterocycles. The van der Waals surface area contributed by atoms with Crippen molar-refractivity contribution in [3.05, 3.63) is 70.2 Å². The Morgan fingerprint density at radius 1 is 1.11 bits per heavy atom. The van der Waals surface area contributed by atoms with E-state index in [1.807, 2.05) is 30.3 Å². The molecule has 1 aliphatic heterocycles. The Morgan fingerprint density at radius 3 is 2.47 bits per heavy atom. The summed E-state index contributed by atoms with van der Waals surface area (Å²) in [4.78, 5) is 12.1. The molecule has 0 bridgehead atoms. The lowest BCUT2D eigenvalue weighted by Gasteiger charge is -2.29. The van der Waals surface area contributed by atoms with Crippen LogP contribution in [0.25, 0.3) is 0 Å². The van der Waals surface area contributed by atoms with E-state index < -0.39 is 5.72 Å². The molecule has 2 aromatic carbocycles. The summed E-state index contributed by atoms with van der Waals surface area (Å²) in [5.41, 5.74) is 1.37. The average molecular weight is 274 g/mol. The standard InChI is InChI=1S/C15H12ClNO2/c1-19-15(10-6-8-11(16)9-7-10)13-5-3-2-4-12(13)14(18)17-15/h2-9H,1H3,(H,17,18)/t15-/m0/s1.